The minimum atomic E-state index is -4.15. The van der Waals surface area contributed by atoms with Crippen LogP contribution in [-0.2, 0) is 10.0 Å². The van der Waals surface area contributed by atoms with Crippen molar-refractivity contribution in [2.45, 2.75) is 31.7 Å². The van der Waals surface area contributed by atoms with Crippen molar-refractivity contribution < 1.29 is 17.2 Å². The Morgan fingerprint density at radius 1 is 1.32 bits per heavy atom. The van der Waals surface area contributed by atoms with Crippen LogP contribution in [0.2, 0.25) is 0 Å². The summed E-state index contributed by atoms with van der Waals surface area (Å²) in [6.07, 6.45) is 0. The minimum Gasteiger partial charge on any atom is -0.329 e. The first-order valence-electron chi connectivity index (χ1n) is 5.75. The summed E-state index contributed by atoms with van der Waals surface area (Å²) < 4.78 is 52.9. The maximum Gasteiger partial charge on any atom is 0.243 e. The number of halogens is 2. The molecule has 0 amide bonds. The Balaban J connectivity index is 3.14. The molecule has 19 heavy (non-hydrogen) atoms. The highest BCUT2D eigenvalue weighted by molar-refractivity contribution is 7.89. The molecule has 0 spiro atoms. The third kappa shape index (κ3) is 3.95. The fourth-order valence-electron chi connectivity index (χ4n) is 1.51. The topological polar surface area (TPSA) is 72.2 Å². The number of hydrogen-bond acceptors (Lipinski definition) is 3. The smallest absolute Gasteiger partial charge is 0.243 e. The first-order chi connectivity index (χ1) is 8.58. The van der Waals surface area contributed by atoms with Gasteiger partial charge in [-0.05, 0) is 23.6 Å². The zero-order valence-electron chi connectivity index (χ0n) is 11.1. The lowest BCUT2D eigenvalue weighted by atomic mass is 9.88. The lowest BCUT2D eigenvalue weighted by Crippen LogP contribution is -2.48. The van der Waals surface area contributed by atoms with Crippen LogP contribution < -0.4 is 10.5 Å². The summed E-state index contributed by atoms with van der Waals surface area (Å²) in [5.41, 5.74) is 5.08. The van der Waals surface area contributed by atoms with Gasteiger partial charge in [0, 0.05) is 12.6 Å². The summed E-state index contributed by atoms with van der Waals surface area (Å²) in [5.74, 6) is -1.82. The molecule has 0 aliphatic rings. The van der Waals surface area contributed by atoms with Crippen molar-refractivity contribution in [3.05, 3.63) is 29.8 Å². The molecule has 1 aromatic rings. The molecule has 0 saturated carbocycles. The van der Waals surface area contributed by atoms with Gasteiger partial charge in [0.15, 0.2) is 0 Å². The molecule has 108 valence electrons. The van der Waals surface area contributed by atoms with Crippen LogP contribution in [0.4, 0.5) is 8.78 Å². The van der Waals surface area contributed by atoms with Gasteiger partial charge in [-0.15, -0.1) is 0 Å². The molecule has 0 aliphatic carbocycles. The standard InChI is InChI=1S/C12H18F2N2O2S/c1-12(2,3)11(7-15)16-19(17,18)10-6-8(13)4-5-9(10)14/h4-6,11,16H,7,15H2,1-3H3. The number of sulfonamides is 1. The molecule has 0 saturated heterocycles. The molecule has 0 heterocycles. The Hall–Kier alpha value is -1.05. The number of rotatable bonds is 4. The van der Waals surface area contributed by atoms with Gasteiger partial charge in [0.25, 0.3) is 0 Å². The molecule has 1 aromatic carbocycles. The van der Waals surface area contributed by atoms with E-state index in [4.69, 9.17) is 5.73 Å². The first-order valence-corrected chi connectivity index (χ1v) is 7.23. The second-order valence-corrected chi connectivity index (χ2v) is 7.03. The maximum absolute atomic E-state index is 13.5. The van der Waals surface area contributed by atoms with Gasteiger partial charge in [-0.1, -0.05) is 20.8 Å². The van der Waals surface area contributed by atoms with Gasteiger partial charge in [0.2, 0.25) is 10.0 Å². The van der Waals surface area contributed by atoms with Crippen LogP contribution in [0.1, 0.15) is 20.8 Å². The lowest BCUT2D eigenvalue weighted by Gasteiger charge is -2.30. The van der Waals surface area contributed by atoms with E-state index >= 15 is 0 Å². The summed E-state index contributed by atoms with van der Waals surface area (Å²) >= 11 is 0. The van der Waals surface area contributed by atoms with Crippen LogP contribution in [0.15, 0.2) is 23.1 Å². The Labute approximate surface area is 112 Å². The van der Waals surface area contributed by atoms with E-state index < -0.39 is 38.0 Å². The fraction of sp³-hybridized carbons (Fsp3) is 0.500. The zero-order valence-corrected chi connectivity index (χ0v) is 11.9. The van der Waals surface area contributed by atoms with Crippen molar-refractivity contribution in [1.29, 1.82) is 0 Å². The van der Waals surface area contributed by atoms with E-state index in [-0.39, 0.29) is 6.54 Å². The highest BCUT2D eigenvalue weighted by Crippen LogP contribution is 2.22. The SMILES string of the molecule is CC(C)(C)C(CN)NS(=O)(=O)c1cc(F)ccc1F. The van der Waals surface area contributed by atoms with Gasteiger partial charge in [-0.2, -0.15) is 0 Å². The molecule has 7 heteroatoms. The van der Waals surface area contributed by atoms with E-state index in [1.165, 1.54) is 0 Å². The van der Waals surface area contributed by atoms with Gasteiger partial charge in [-0.25, -0.2) is 21.9 Å². The van der Waals surface area contributed by atoms with Crippen molar-refractivity contribution in [2.75, 3.05) is 6.54 Å². The largest absolute Gasteiger partial charge is 0.329 e. The second kappa shape index (κ2) is 5.52. The molecule has 1 rings (SSSR count). The summed E-state index contributed by atoms with van der Waals surface area (Å²) in [6.45, 7) is 5.46. The van der Waals surface area contributed by atoms with Crippen LogP contribution in [0.5, 0.6) is 0 Å². The molecule has 0 aliphatic heterocycles. The van der Waals surface area contributed by atoms with Gasteiger partial charge in [0.05, 0.1) is 0 Å². The van der Waals surface area contributed by atoms with Crippen LogP contribution in [0.25, 0.3) is 0 Å². The fourth-order valence-corrected chi connectivity index (χ4v) is 3.06. The van der Waals surface area contributed by atoms with E-state index in [0.717, 1.165) is 12.1 Å². The number of nitrogens with one attached hydrogen (secondary N) is 1. The minimum absolute atomic E-state index is 0.0552. The molecule has 4 nitrogen and oxygen atoms in total. The van der Waals surface area contributed by atoms with Crippen LogP contribution in [0.3, 0.4) is 0 Å². The predicted molar refractivity (Wildman–Crippen MR) is 69.0 cm³/mol. The van der Waals surface area contributed by atoms with E-state index in [1.54, 1.807) is 20.8 Å². The molecule has 1 atom stereocenters. The zero-order chi connectivity index (χ0) is 14.8. The average Bonchev–Trinajstić information content (AvgIpc) is 2.27. The van der Waals surface area contributed by atoms with E-state index in [0.29, 0.717) is 6.07 Å². The molecule has 0 fully saturated rings. The summed E-state index contributed by atoms with van der Waals surface area (Å²) in [5, 5.41) is 0. The molecule has 0 bridgehead atoms. The van der Waals surface area contributed by atoms with Crippen molar-refractivity contribution in [2.24, 2.45) is 11.1 Å². The van der Waals surface area contributed by atoms with E-state index in [9.17, 15) is 17.2 Å². The summed E-state index contributed by atoms with van der Waals surface area (Å²) in [6, 6.07) is 1.70. The van der Waals surface area contributed by atoms with Crippen LogP contribution in [0, 0.1) is 17.0 Å². The number of benzene rings is 1. The second-order valence-electron chi connectivity index (χ2n) is 5.35. The molecular formula is C12H18F2N2O2S. The molecule has 0 aromatic heterocycles. The Kier molecular flexibility index (Phi) is 4.65. The Morgan fingerprint density at radius 3 is 2.37 bits per heavy atom. The van der Waals surface area contributed by atoms with E-state index in [2.05, 4.69) is 4.72 Å². The van der Waals surface area contributed by atoms with Crippen molar-refractivity contribution in [3.8, 4) is 0 Å². The molecular weight excluding hydrogens is 274 g/mol. The normalized spacial score (nSPS) is 14.4. The van der Waals surface area contributed by atoms with E-state index in [1.807, 2.05) is 0 Å². The van der Waals surface area contributed by atoms with Crippen molar-refractivity contribution >= 4 is 10.0 Å². The summed E-state index contributed by atoms with van der Waals surface area (Å²) in [7, 11) is -4.15. The van der Waals surface area contributed by atoms with Crippen molar-refractivity contribution in [3.63, 3.8) is 0 Å². The molecule has 3 N–H and O–H groups in total. The highest BCUT2D eigenvalue weighted by Gasteiger charge is 2.30. The quantitative estimate of drug-likeness (QED) is 0.885. The predicted octanol–water partition coefficient (Wildman–Crippen LogP) is 1.62. The number of nitrogens with two attached hydrogens (primary N) is 1. The number of hydrogen-bond donors (Lipinski definition) is 2. The van der Waals surface area contributed by atoms with Gasteiger partial charge in [-0.3, -0.25) is 0 Å². The molecule has 0 radical (unpaired) electrons. The molecule has 1 unspecified atom stereocenters. The maximum atomic E-state index is 13.5. The lowest BCUT2D eigenvalue weighted by molar-refractivity contribution is 0.304. The monoisotopic (exact) mass is 292 g/mol. The van der Waals surface area contributed by atoms with Crippen molar-refractivity contribution in [1.82, 2.24) is 4.72 Å². The third-order valence-corrected chi connectivity index (χ3v) is 4.25. The average molecular weight is 292 g/mol. The Bertz CT molecular complexity index is 553. The van der Waals surface area contributed by atoms with Crippen LogP contribution >= 0.6 is 0 Å². The highest BCUT2D eigenvalue weighted by atomic mass is 32.2. The van der Waals surface area contributed by atoms with Gasteiger partial charge in [0.1, 0.15) is 16.5 Å². The third-order valence-electron chi connectivity index (χ3n) is 2.76. The van der Waals surface area contributed by atoms with Crippen LogP contribution in [-0.4, -0.2) is 21.0 Å². The van der Waals surface area contributed by atoms with Gasteiger partial charge >= 0.3 is 0 Å². The first kappa shape index (κ1) is 16.0. The summed E-state index contributed by atoms with van der Waals surface area (Å²) in [4.78, 5) is -0.713. The van der Waals surface area contributed by atoms with Gasteiger partial charge < -0.3 is 5.73 Å². The Morgan fingerprint density at radius 2 is 1.89 bits per heavy atom.